The molecule has 2 heterocycles. The van der Waals surface area contributed by atoms with Gasteiger partial charge < -0.3 is 14.8 Å². The van der Waals surface area contributed by atoms with Crippen molar-refractivity contribution in [3.63, 3.8) is 0 Å². The summed E-state index contributed by atoms with van der Waals surface area (Å²) in [5.41, 5.74) is 3.64. The van der Waals surface area contributed by atoms with E-state index < -0.39 is 0 Å². The van der Waals surface area contributed by atoms with Crippen molar-refractivity contribution in [2.75, 3.05) is 6.54 Å². The second-order valence-electron chi connectivity index (χ2n) is 6.58. The van der Waals surface area contributed by atoms with Gasteiger partial charge in [-0.05, 0) is 42.8 Å². The molecule has 0 radical (unpaired) electrons. The Hall–Kier alpha value is -2.73. The lowest BCUT2D eigenvalue weighted by Gasteiger charge is -2.26. The Morgan fingerprint density at radius 2 is 1.96 bits per heavy atom. The third-order valence-electron chi connectivity index (χ3n) is 4.35. The molecule has 0 atom stereocenters. The minimum absolute atomic E-state index is 0.726. The van der Waals surface area contributed by atoms with Gasteiger partial charge in [-0.15, -0.1) is 0 Å². The fourth-order valence-electron chi connectivity index (χ4n) is 2.82. The van der Waals surface area contributed by atoms with Gasteiger partial charge in [-0.1, -0.05) is 35.9 Å². The van der Waals surface area contributed by atoms with Crippen molar-refractivity contribution in [1.82, 2.24) is 24.8 Å². The highest BCUT2D eigenvalue weighted by molar-refractivity contribution is 7.80. The number of benzene rings is 1. The average molecular weight is 380 g/mol. The van der Waals surface area contributed by atoms with E-state index in [9.17, 15) is 0 Å². The second-order valence-corrected chi connectivity index (χ2v) is 6.97. The van der Waals surface area contributed by atoms with Crippen molar-refractivity contribution in [2.24, 2.45) is 0 Å². The van der Waals surface area contributed by atoms with Crippen molar-refractivity contribution in [3.8, 4) is 0 Å². The summed E-state index contributed by atoms with van der Waals surface area (Å²) >= 11 is 5.69. The molecule has 0 fully saturated rings. The summed E-state index contributed by atoms with van der Waals surface area (Å²) in [5, 5.41) is 4.17. The van der Waals surface area contributed by atoms with Gasteiger partial charge in [0.05, 0.1) is 6.33 Å². The van der Waals surface area contributed by atoms with Crippen molar-refractivity contribution in [1.29, 1.82) is 0 Å². The highest BCUT2D eigenvalue weighted by atomic mass is 32.1. The van der Waals surface area contributed by atoms with Crippen LogP contribution in [0, 0.1) is 6.92 Å². The van der Waals surface area contributed by atoms with Crippen molar-refractivity contribution in [3.05, 3.63) is 84.2 Å². The Bertz CT molecular complexity index is 816. The van der Waals surface area contributed by atoms with Gasteiger partial charge >= 0.3 is 0 Å². The van der Waals surface area contributed by atoms with E-state index in [4.69, 9.17) is 12.2 Å². The molecule has 0 unspecified atom stereocenters. The highest BCUT2D eigenvalue weighted by Gasteiger charge is 2.10. The van der Waals surface area contributed by atoms with E-state index in [0.29, 0.717) is 0 Å². The molecule has 0 aliphatic rings. The Morgan fingerprint density at radius 1 is 1.11 bits per heavy atom. The molecule has 3 rings (SSSR count). The van der Waals surface area contributed by atoms with Crippen LogP contribution in [0.4, 0.5) is 0 Å². The first-order chi connectivity index (χ1) is 13.2. The minimum atomic E-state index is 0.726. The molecule has 0 saturated carbocycles. The summed E-state index contributed by atoms with van der Waals surface area (Å²) in [5.74, 6) is 0. The number of pyridine rings is 1. The number of nitrogens with one attached hydrogen (secondary N) is 1. The highest BCUT2D eigenvalue weighted by Crippen LogP contribution is 2.07. The van der Waals surface area contributed by atoms with Gasteiger partial charge in [0, 0.05) is 51.0 Å². The zero-order valence-corrected chi connectivity index (χ0v) is 16.4. The van der Waals surface area contributed by atoms with Crippen LogP contribution in [0.2, 0.25) is 0 Å². The van der Waals surface area contributed by atoms with Crippen LogP contribution in [0.25, 0.3) is 0 Å². The van der Waals surface area contributed by atoms with Crippen molar-refractivity contribution < 1.29 is 0 Å². The topological polar surface area (TPSA) is 46.0 Å². The van der Waals surface area contributed by atoms with Gasteiger partial charge in [0.15, 0.2) is 5.11 Å². The number of thiocarbonyl (C=S) groups is 1. The molecule has 3 aromatic rings. The lowest BCUT2D eigenvalue weighted by atomic mass is 10.1. The first-order valence-corrected chi connectivity index (χ1v) is 9.54. The zero-order chi connectivity index (χ0) is 18.9. The fourth-order valence-corrected chi connectivity index (χ4v) is 3.05. The summed E-state index contributed by atoms with van der Waals surface area (Å²) in [6, 6.07) is 12.6. The molecule has 1 aromatic carbocycles. The van der Waals surface area contributed by atoms with E-state index in [1.54, 1.807) is 12.4 Å². The maximum atomic E-state index is 5.69. The van der Waals surface area contributed by atoms with E-state index in [1.807, 2.05) is 24.8 Å². The number of rotatable bonds is 8. The van der Waals surface area contributed by atoms with Crippen LogP contribution < -0.4 is 5.32 Å². The predicted molar refractivity (Wildman–Crippen MR) is 112 cm³/mol. The molecule has 5 nitrogen and oxygen atoms in total. The number of aromatic nitrogens is 3. The van der Waals surface area contributed by atoms with Crippen LogP contribution in [0.5, 0.6) is 0 Å². The van der Waals surface area contributed by atoms with Gasteiger partial charge in [0.25, 0.3) is 0 Å². The van der Waals surface area contributed by atoms with Gasteiger partial charge in [-0.25, -0.2) is 4.98 Å². The maximum absolute atomic E-state index is 5.69. The van der Waals surface area contributed by atoms with E-state index in [1.165, 1.54) is 11.1 Å². The molecular weight excluding hydrogens is 354 g/mol. The third kappa shape index (κ3) is 6.18. The van der Waals surface area contributed by atoms with E-state index in [0.717, 1.165) is 43.3 Å². The number of aryl methyl sites for hydroxylation is 2. The van der Waals surface area contributed by atoms with Crippen LogP contribution in [-0.4, -0.2) is 31.1 Å². The minimum Gasteiger partial charge on any atom is -0.358 e. The molecule has 6 heteroatoms. The number of imidazole rings is 1. The molecule has 27 heavy (non-hydrogen) atoms. The number of nitrogens with zero attached hydrogens (tertiary/aromatic N) is 4. The summed E-state index contributed by atoms with van der Waals surface area (Å²) in [7, 11) is 0. The van der Waals surface area contributed by atoms with Gasteiger partial charge in [0.2, 0.25) is 0 Å². The average Bonchev–Trinajstić information content (AvgIpc) is 3.21. The van der Waals surface area contributed by atoms with Crippen LogP contribution in [-0.2, 0) is 19.6 Å². The lowest BCUT2D eigenvalue weighted by Crippen LogP contribution is -2.39. The quantitative estimate of drug-likeness (QED) is 0.607. The molecule has 140 valence electrons. The van der Waals surface area contributed by atoms with Gasteiger partial charge in [0.1, 0.15) is 0 Å². The third-order valence-corrected chi connectivity index (χ3v) is 4.75. The molecule has 0 amide bonds. The van der Waals surface area contributed by atoms with E-state index >= 15 is 0 Å². The molecule has 0 spiro atoms. The molecular formula is C21H25N5S. The van der Waals surface area contributed by atoms with E-state index in [2.05, 4.69) is 62.0 Å². The zero-order valence-electron chi connectivity index (χ0n) is 15.6. The largest absolute Gasteiger partial charge is 0.358 e. The van der Waals surface area contributed by atoms with Crippen LogP contribution in [0.15, 0.2) is 67.5 Å². The standard InChI is InChI=1S/C21H25N5S/c1-18-5-7-19(8-6-18)15-24-21(27)26(16-20-4-2-9-22-14-20)12-3-11-25-13-10-23-17-25/h2,4-10,13-14,17H,3,11-12,15-16H2,1H3,(H,24,27). The molecule has 0 bridgehead atoms. The lowest BCUT2D eigenvalue weighted by molar-refractivity contribution is 0.384. The molecule has 0 aliphatic carbocycles. The SMILES string of the molecule is Cc1ccc(CNC(=S)N(CCCn2ccnc2)Cc2cccnc2)cc1. The first-order valence-electron chi connectivity index (χ1n) is 9.13. The van der Waals surface area contributed by atoms with Crippen molar-refractivity contribution in [2.45, 2.75) is 33.0 Å². The molecule has 0 saturated heterocycles. The van der Waals surface area contributed by atoms with Gasteiger partial charge in [-0.2, -0.15) is 0 Å². The number of hydrogen-bond acceptors (Lipinski definition) is 3. The van der Waals surface area contributed by atoms with Crippen LogP contribution in [0.3, 0.4) is 0 Å². The molecule has 1 N–H and O–H groups in total. The Kier molecular flexibility index (Phi) is 6.93. The fraction of sp³-hybridized carbons (Fsp3) is 0.286. The normalized spacial score (nSPS) is 10.6. The summed E-state index contributed by atoms with van der Waals surface area (Å²) in [4.78, 5) is 10.5. The monoisotopic (exact) mass is 379 g/mol. The first kappa shape index (κ1) is 19.0. The Balaban J connectivity index is 1.58. The van der Waals surface area contributed by atoms with Gasteiger partial charge in [-0.3, -0.25) is 4.98 Å². The molecule has 0 aliphatic heterocycles. The van der Waals surface area contributed by atoms with Crippen molar-refractivity contribution >= 4 is 17.3 Å². The smallest absolute Gasteiger partial charge is 0.169 e. The predicted octanol–water partition coefficient (Wildman–Crippen LogP) is 3.55. The Morgan fingerprint density at radius 3 is 2.67 bits per heavy atom. The summed E-state index contributed by atoms with van der Waals surface area (Å²) in [6.07, 6.45) is 10.3. The van der Waals surface area contributed by atoms with Crippen LogP contribution >= 0.6 is 12.2 Å². The summed E-state index contributed by atoms with van der Waals surface area (Å²) < 4.78 is 2.09. The van der Waals surface area contributed by atoms with Crippen LogP contribution in [0.1, 0.15) is 23.1 Å². The summed E-state index contributed by atoms with van der Waals surface area (Å²) in [6.45, 7) is 5.36. The molecule has 2 aromatic heterocycles. The maximum Gasteiger partial charge on any atom is 0.169 e. The second kappa shape index (κ2) is 9.83. The Labute approximate surface area is 166 Å². The number of hydrogen-bond donors (Lipinski definition) is 1. The van der Waals surface area contributed by atoms with E-state index in [-0.39, 0.29) is 0 Å².